The van der Waals surface area contributed by atoms with E-state index in [1.165, 1.54) is 23.3 Å². The highest BCUT2D eigenvalue weighted by atomic mass is 19.1. The van der Waals surface area contributed by atoms with Gasteiger partial charge in [-0.15, -0.1) is 0 Å². The molecule has 0 aliphatic carbocycles. The third-order valence-corrected chi connectivity index (χ3v) is 3.89. The van der Waals surface area contributed by atoms with Crippen molar-refractivity contribution in [3.63, 3.8) is 0 Å². The van der Waals surface area contributed by atoms with E-state index in [2.05, 4.69) is 32.0 Å². The summed E-state index contributed by atoms with van der Waals surface area (Å²) in [5, 5.41) is 0. The Bertz CT molecular complexity index is 653. The first-order chi connectivity index (χ1) is 9.54. The van der Waals surface area contributed by atoms with Gasteiger partial charge < -0.3 is 10.5 Å². The second-order valence-corrected chi connectivity index (χ2v) is 5.49. The molecule has 0 spiro atoms. The van der Waals surface area contributed by atoms with Gasteiger partial charge in [-0.3, -0.25) is 0 Å². The first-order valence-corrected chi connectivity index (χ1v) is 6.83. The Hall–Kier alpha value is -1.87. The molecule has 1 aliphatic rings. The average Bonchev–Trinajstić information content (AvgIpc) is 2.41. The Morgan fingerprint density at radius 3 is 2.70 bits per heavy atom. The molecule has 0 aromatic heterocycles. The zero-order valence-electron chi connectivity index (χ0n) is 11.7. The lowest BCUT2D eigenvalue weighted by molar-refractivity contribution is 0.160. The second kappa shape index (κ2) is 4.91. The second-order valence-electron chi connectivity index (χ2n) is 5.49. The molecular weight excluding hydrogens is 253 g/mol. The molecule has 2 atom stereocenters. The molecule has 2 aromatic carbocycles. The quantitative estimate of drug-likeness (QED) is 0.852. The maximum atomic E-state index is 13.4. The fraction of sp³-hybridized carbons (Fsp3) is 0.294. The maximum absolute atomic E-state index is 13.4. The number of hydrogen-bond donors (Lipinski definition) is 1. The van der Waals surface area contributed by atoms with Crippen LogP contribution in [0.4, 0.5) is 4.39 Å². The van der Waals surface area contributed by atoms with Gasteiger partial charge >= 0.3 is 0 Å². The molecule has 2 N–H and O–H groups in total. The van der Waals surface area contributed by atoms with Gasteiger partial charge in [0.2, 0.25) is 0 Å². The maximum Gasteiger partial charge on any atom is 0.127 e. The Kier molecular flexibility index (Phi) is 3.22. The summed E-state index contributed by atoms with van der Waals surface area (Å²) in [5.41, 5.74) is 10.6. The normalized spacial score (nSPS) is 21.2. The van der Waals surface area contributed by atoms with Crippen LogP contribution in [0.15, 0.2) is 36.4 Å². The largest absolute Gasteiger partial charge is 0.485 e. The van der Waals surface area contributed by atoms with E-state index in [1.807, 2.05) is 0 Å². The van der Waals surface area contributed by atoms with Crippen molar-refractivity contribution < 1.29 is 9.13 Å². The number of halogens is 1. The van der Waals surface area contributed by atoms with Crippen molar-refractivity contribution in [1.82, 2.24) is 0 Å². The van der Waals surface area contributed by atoms with Crippen LogP contribution >= 0.6 is 0 Å². The smallest absolute Gasteiger partial charge is 0.127 e. The molecule has 0 saturated heterocycles. The summed E-state index contributed by atoms with van der Waals surface area (Å²) in [6, 6.07) is 10.7. The van der Waals surface area contributed by atoms with Crippen molar-refractivity contribution >= 4 is 0 Å². The fourth-order valence-corrected chi connectivity index (χ4v) is 2.77. The van der Waals surface area contributed by atoms with Crippen molar-refractivity contribution in [2.75, 3.05) is 0 Å². The Balaban J connectivity index is 2.00. The summed E-state index contributed by atoms with van der Waals surface area (Å²) in [5.74, 6) is 0.271. The Morgan fingerprint density at radius 2 is 1.90 bits per heavy atom. The van der Waals surface area contributed by atoms with Crippen molar-refractivity contribution in [2.24, 2.45) is 5.73 Å². The highest BCUT2D eigenvalue weighted by molar-refractivity contribution is 5.41. The van der Waals surface area contributed by atoms with E-state index in [4.69, 9.17) is 10.5 Å². The average molecular weight is 271 g/mol. The Labute approximate surface area is 118 Å². The van der Waals surface area contributed by atoms with Crippen LogP contribution in [0.2, 0.25) is 0 Å². The third kappa shape index (κ3) is 2.29. The lowest BCUT2D eigenvalue weighted by Gasteiger charge is -2.31. The molecule has 0 saturated carbocycles. The van der Waals surface area contributed by atoms with Gasteiger partial charge in [0.05, 0.1) is 0 Å². The molecule has 104 valence electrons. The molecule has 3 heteroatoms. The van der Waals surface area contributed by atoms with Crippen molar-refractivity contribution in [3.8, 4) is 5.75 Å². The van der Waals surface area contributed by atoms with Gasteiger partial charge in [-0.2, -0.15) is 0 Å². The molecule has 2 aromatic rings. The van der Waals surface area contributed by atoms with Gasteiger partial charge in [-0.05, 0) is 31.0 Å². The van der Waals surface area contributed by atoms with E-state index in [1.54, 1.807) is 6.07 Å². The lowest BCUT2D eigenvalue weighted by atomic mass is 9.91. The van der Waals surface area contributed by atoms with E-state index in [9.17, 15) is 4.39 Å². The summed E-state index contributed by atoms with van der Waals surface area (Å²) >= 11 is 0. The van der Waals surface area contributed by atoms with Crippen molar-refractivity contribution in [2.45, 2.75) is 32.4 Å². The van der Waals surface area contributed by atoms with Gasteiger partial charge in [0.15, 0.2) is 0 Å². The zero-order chi connectivity index (χ0) is 14.3. The zero-order valence-corrected chi connectivity index (χ0v) is 11.7. The predicted molar refractivity (Wildman–Crippen MR) is 77.2 cm³/mol. The summed E-state index contributed by atoms with van der Waals surface area (Å²) in [6.45, 7) is 4.12. The summed E-state index contributed by atoms with van der Waals surface area (Å²) in [4.78, 5) is 0. The standard InChI is InChI=1S/C17H18FNO/c1-10-3-4-11(2)14(7-10)17-9-15(19)13-6-5-12(18)8-16(13)20-17/h3-8,15,17H,9,19H2,1-2H3. The molecule has 20 heavy (non-hydrogen) atoms. The van der Waals surface area contributed by atoms with Gasteiger partial charge in [-0.1, -0.05) is 29.8 Å². The van der Waals surface area contributed by atoms with Crippen molar-refractivity contribution in [1.29, 1.82) is 0 Å². The van der Waals surface area contributed by atoms with Crippen LogP contribution in [0.3, 0.4) is 0 Å². The summed E-state index contributed by atoms with van der Waals surface area (Å²) < 4.78 is 19.4. The first kappa shape index (κ1) is 13.1. The summed E-state index contributed by atoms with van der Waals surface area (Å²) in [6.07, 6.45) is 0.599. The minimum Gasteiger partial charge on any atom is -0.485 e. The first-order valence-electron chi connectivity index (χ1n) is 6.83. The highest BCUT2D eigenvalue weighted by Gasteiger charge is 2.28. The predicted octanol–water partition coefficient (Wildman–Crippen LogP) is 3.97. The van der Waals surface area contributed by atoms with Crippen LogP contribution in [0, 0.1) is 19.7 Å². The van der Waals surface area contributed by atoms with Gasteiger partial charge in [0, 0.05) is 24.1 Å². The number of rotatable bonds is 1. The Morgan fingerprint density at radius 1 is 1.10 bits per heavy atom. The summed E-state index contributed by atoms with van der Waals surface area (Å²) in [7, 11) is 0. The molecular formula is C17H18FNO. The molecule has 0 fully saturated rings. The van der Waals surface area contributed by atoms with Crippen LogP contribution in [0.1, 0.15) is 40.8 Å². The molecule has 1 aliphatic heterocycles. The molecule has 2 nitrogen and oxygen atoms in total. The van der Waals surface area contributed by atoms with E-state index >= 15 is 0 Å². The number of fused-ring (bicyclic) bond motifs is 1. The number of ether oxygens (including phenoxy) is 1. The molecule has 0 bridgehead atoms. The molecule has 1 heterocycles. The lowest BCUT2D eigenvalue weighted by Crippen LogP contribution is -2.24. The van der Waals surface area contributed by atoms with Crippen LogP contribution < -0.4 is 10.5 Å². The molecule has 3 rings (SSSR count). The van der Waals surface area contributed by atoms with Gasteiger partial charge in [-0.25, -0.2) is 4.39 Å². The number of aryl methyl sites for hydroxylation is 2. The van der Waals surface area contributed by atoms with Crippen LogP contribution in [0.5, 0.6) is 5.75 Å². The highest BCUT2D eigenvalue weighted by Crippen LogP contribution is 2.40. The monoisotopic (exact) mass is 271 g/mol. The number of hydrogen-bond acceptors (Lipinski definition) is 2. The molecule has 0 amide bonds. The minimum absolute atomic E-state index is 0.112. The van der Waals surface area contributed by atoms with E-state index < -0.39 is 0 Å². The molecule has 2 unspecified atom stereocenters. The van der Waals surface area contributed by atoms with Gasteiger partial charge in [0.1, 0.15) is 17.7 Å². The number of nitrogens with two attached hydrogens (primary N) is 1. The number of benzene rings is 2. The van der Waals surface area contributed by atoms with Crippen LogP contribution in [-0.2, 0) is 0 Å². The van der Waals surface area contributed by atoms with Crippen molar-refractivity contribution in [3.05, 3.63) is 64.5 Å². The van der Waals surface area contributed by atoms with Crippen LogP contribution in [-0.4, -0.2) is 0 Å². The van der Waals surface area contributed by atoms with Gasteiger partial charge in [0.25, 0.3) is 0 Å². The third-order valence-electron chi connectivity index (χ3n) is 3.89. The van der Waals surface area contributed by atoms with Crippen LogP contribution in [0.25, 0.3) is 0 Å². The van der Waals surface area contributed by atoms with E-state index in [-0.39, 0.29) is 18.0 Å². The topological polar surface area (TPSA) is 35.2 Å². The fourth-order valence-electron chi connectivity index (χ4n) is 2.77. The van der Waals surface area contributed by atoms with E-state index in [0.717, 1.165) is 11.1 Å². The minimum atomic E-state index is -0.294. The SMILES string of the molecule is Cc1ccc(C)c(C2CC(N)c3ccc(F)cc3O2)c1. The van der Waals surface area contributed by atoms with E-state index in [0.29, 0.717) is 12.2 Å². The molecule has 0 radical (unpaired) electrons.